The maximum atomic E-state index is 12.9. The summed E-state index contributed by atoms with van der Waals surface area (Å²) in [4.78, 5) is 22.1. The summed E-state index contributed by atoms with van der Waals surface area (Å²) in [6, 6.07) is 1.84. The van der Waals surface area contributed by atoms with E-state index in [4.69, 9.17) is 0 Å². The van der Waals surface area contributed by atoms with Crippen molar-refractivity contribution in [3.05, 3.63) is 46.6 Å². The number of rotatable bonds is 2. The Hall–Kier alpha value is -2.63. The van der Waals surface area contributed by atoms with E-state index in [1.807, 2.05) is 0 Å². The number of alkyl halides is 3. The number of aromatic nitrogens is 3. The highest BCUT2D eigenvalue weighted by Gasteiger charge is 2.37. The highest BCUT2D eigenvalue weighted by Crippen LogP contribution is 2.33. The average Bonchev–Trinajstić information content (AvgIpc) is 2.78. The Kier molecular flexibility index (Phi) is 4.03. The lowest BCUT2D eigenvalue weighted by molar-refractivity contribution is -0.139. The average molecular weight is 350 g/mol. The molecule has 0 unspecified atom stereocenters. The summed E-state index contributed by atoms with van der Waals surface area (Å²) in [6.45, 7) is 0. The summed E-state index contributed by atoms with van der Waals surface area (Å²) in [5.41, 5.74) is -2.39. The minimum absolute atomic E-state index is 0.174. The third-order valence-corrected chi connectivity index (χ3v) is 4.10. The van der Waals surface area contributed by atoms with Gasteiger partial charge in [-0.05, 0) is 12.1 Å². The van der Waals surface area contributed by atoms with Crippen molar-refractivity contribution < 1.29 is 26.4 Å². The van der Waals surface area contributed by atoms with Gasteiger partial charge in [-0.2, -0.15) is 13.2 Å². The molecule has 2 aromatic rings. The van der Waals surface area contributed by atoms with E-state index < -0.39 is 38.4 Å². The molecule has 0 aliphatic heterocycles. The van der Waals surface area contributed by atoms with Crippen LogP contribution in [0.3, 0.4) is 0 Å². The van der Waals surface area contributed by atoms with E-state index in [-0.39, 0.29) is 4.68 Å². The van der Waals surface area contributed by atoms with Gasteiger partial charge in [0.15, 0.2) is 0 Å². The lowest BCUT2D eigenvalue weighted by Gasteiger charge is -2.13. The Morgan fingerprint density at radius 2 is 1.87 bits per heavy atom. The second-order valence-electron chi connectivity index (χ2n) is 4.34. The van der Waals surface area contributed by atoms with Crippen LogP contribution in [0.25, 0.3) is 0 Å². The number of nitrogens with one attached hydrogen (secondary N) is 1. The summed E-state index contributed by atoms with van der Waals surface area (Å²) in [6.07, 6.45) is -3.99. The molecular formula is C11H9F3N4O4S. The first-order valence-electron chi connectivity index (χ1n) is 5.88. The predicted molar refractivity (Wildman–Crippen MR) is 70.0 cm³/mol. The Bertz CT molecular complexity index is 914. The molecule has 1 amide bonds. The summed E-state index contributed by atoms with van der Waals surface area (Å²) in [5, 5.41) is 3.33. The maximum absolute atomic E-state index is 12.9. The maximum Gasteiger partial charge on any atom is 0.417 e. The van der Waals surface area contributed by atoms with Crippen molar-refractivity contribution in [1.82, 2.24) is 19.1 Å². The molecule has 1 aromatic heterocycles. The molecular weight excluding hydrogens is 341 g/mol. The highest BCUT2D eigenvalue weighted by atomic mass is 32.2. The zero-order chi connectivity index (χ0) is 17.4. The third-order valence-electron chi connectivity index (χ3n) is 2.72. The van der Waals surface area contributed by atoms with Gasteiger partial charge in [0.1, 0.15) is 6.33 Å². The molecule has 12 heteroatoms. The van der Waals surface area contributed by atoms with Gasteiger partial charge < -0.3 is 0 Å². The van der Waals surface area contributed by atoms with Crippen molar-refractivity contribution in [3.8, 4) is 0 Å². The summed E-state index contributed by atoms with van der Waals surface area (Å²) >= 11 is 0. The number of amides is 1. The number of aryl methyl sites for hydroxylation is 1. The molecule has 0 aliphatic carbocycles. The van der Waals surface area contributed by atoms with Crippen molar-refractivity contribution in [2.24, 2.45) is 7.05 Å². The SMILES string of the molecule is Cn1cnn(C(=O)NS(=O)(=O)c2ccccc2C(F)(F)F)c1=O. The van der Waals surface area contributed by atoms with Gasteiger partial charge in [-0.25, -0.2) is 22.7 Å². The molecule has 0 aliphatic rings. The number of carbonyl (C=O) groups is 1. The van der Waals surface area contributed by atoms with E-state index in [2.05, 4.69) is 5.10 Å². The molecule has 1 N–H and O–H groups in total. The van der Waals surface area contributed by atoms with Gasteiger partial charge in [0, 0.05) is 7.05 Å². The van der Waals surface area contributed by atoms with Gasteiger partial charge in [-0.1, -0.05) is 12.1 Å². The van der Waals surface area contributed by atoms with E-state index >= 15 is 0 Å². The molecule has 2 rings (SSSR count). The Balaban J connectivity index is 2.43. The molecule has 124 valence electrons. The molecule has 1 aromatic carbocycles. The molecule has 1 heterocycles. The zero-order valence-corrected chi connectivity index (χ0v) is 12.2. The second-order valence-corrected chi connectivity index (χ2v) is 5.99. The standard InChI is InChI=1S/C11H9F3N4O4S/c1-17-6-15-18(10(17)20)9(19)16-23(21,22)8-5-3-2-4-7(8)11(12,13)14/h2-6H,1H3,(H,16,19). The third kappa shape index (κ3) is 3.26. The molecule has 0 saturated heterocycles. The van der Waals surface area contributed by atoms with Crippen LogP contribution in [0.2, 0.25) is 0 Å². The van der Waals surface area contributed by atoms with Crippen LogP contribution in [0.15, 0.2) is 40.3 Å². The van der Waals surface area contributed by atoms with Crippen LogP contribution in [0.4, 0.5) is 18.0 Å². The Morgan fingerprint density at radius 3 is 2.39 bits per heavy atom. The fourth-order valence-electron chi connectivity index (χ4n) is 1.66. The van der Waals surface area contributed by atoms with Gasteiger partial charge in [0.05, 0.1) is 10.5 Å². The van der Waals surface area contributed by atoms with E-state index in [0.717, 1.165) is 23.0 Å². The largest absolute Gasteiger partial charge is 0.417 e. The fraction of sp³-hybridized carbons (Fsp3) is 0.182. The number of hydrogen-bond donors (Lipinski definition) is 1. The first-order valence-corrected chi connectivity index (χ1v) is 7.36. The number of sulfonamides is 1. The van der Waals surface area contributed by atoms with Crippen LogP contribution in [-0.2, 0) is 23.2 Å². The van der Waals surface area contributed by atoms with Crippen molar-refractivity contribution in [1.29, 1.82) is 0 Å². The monoisotopic (exact) mass is 350 g/mol. The summed E-state index contributed by atoms with van der Waals surface area (Å²) in [5.74, 6) is 0. The van der Waals surface area contributed by atoms with Gasteiger partial charge in [0.25, 0.3) is 10.0 Å². The Morgan fingerprint density at radius 1 is 1.26 bits per heavy atom. The number of benzene rings is 1. The van der Waals surface area contributed by atoms with Crippen LogP contribution >= 0.6 is 0 Å². The number of hydrogen-bond acceptors (Lipinski definition) is 5. The molecule has 0 saturated carbocycles. The predicted octanol–water partition coefficient (Wildman–Crippen LogP) is 0.547. The van der Waals surface area contributed by atoms with Crippen LogP contribution in [0.1, 0.15) is 5.56 Å². The van der Waals surface area contributed by atoms with Crippen molar-refractivity contribution in [2.75, 3.05) is 0 Å². The number of nitrogens with zero attached hydrogens (tertiary/aromatic N) is 3. The normalized spacial score (nSPS) is 12.2. The number of halogens is 3. The highest BCUT2D eigenvalue weighted by molar-refractivity contribution is 7.90. The lowest BCUT2D eigenvalue weighted by atomic mass is 10.2. The topological polar surface area (TPSA) is 103 Å². The van der Waals surface area contributed by atoms with Crippen LogP contribution in [-0.4, -0.2) is 28.8 Å². The van der Waals surface area contributed by atoms with Gasteiger partial charge in [-0.3, -0.25) is 4.57 Å². The van der Waals surface area contributed by atoms with E-state index in [0.29, 0.717) is 12.1 Å². The molecule has 0 atom stereocenters. The fourth-order valence-corrected chi connectivity index (χ4v) is 2.82. The molecule has 23 heavy (non-hydrogen) atoms. The summed E-state index contributed by atoms with van der Waals surface area (Å²) < 4.78 is 65.0. The molecule has 0 spiro atoms. The molecule has 0 fully saturated rings. The van der Waals surface area contributed by atoms with Crippen molar-refractivity contribution in [3.63, 3.8) is 0 Å². The molecule has 8 nitrogen and oxygen atoms in total. The number of carbonyl (C=O) groups excluding carboxylic acids is 1. The van der Waals surface area contributed by atoms with E-state index in [1.54, 1.807) is 0 Å². The van der Waals surface area contributed by atoms with Crippen molar-refractivity contribution in [2.45, 2.75) is 11.1 Å². The van der Waals surface area contributed by atoms with Gasteiger partial charge in [0.2, 0.25) is 0 Å². The molecule has 0 radical (unpaired) electrons. The van der Waals surface area contributed by atoms with Gasteiger partial charge >= 0.3 is 17.9 Å². The van der Waals surface area contributed by atoms with Gasteiger partial charge in [-0.15, -0.1) is 9.78 Å². The smallest absolute Gasteiger partial charge is 0.284 e. The minimum Gasteiger partial charge on any atom is -0.284 e. The van der Waals surface area contributed by atoms with E-state index in [1.165, 1.54) is 11.8 Å². The van der Waals surface area contributed by atoms with E-state index in [9.17, 15) is 31.2 Å². The summed E-state index contributed by atoms with van der Waals surface area (Å²) in [7, 11) is -3.60. The first-order chi connectivity index (χ1) is 10.5. The quantitative estimate of drug-likeness (QED) is 0.852. The minimum atomic E-state index is -4.93. The Labute approximate surface area is 127 Å². The first kappa shape index (κ1) is 16.7. The van der Waals surface area contributed by atoms with Crippen LogP contribution < -0.4 is 10.4 Å². The zero-order valence-electron chi connectivity index (χ0n) is 11.4. The lowest BCUT2D eigenvalue weighted by Crippen LogP contribution is -2.40. The molecule has 0 bridgehead atoms. The van der Waals surface area contributed by atoms with Crippen LogP contribution in [0, 0.1) is 0 Å². The second kappa shape index (κ2) is 5.53. The van der Waals surface area contributed by atoms with Crippen molar-refractivity contribution >= 4 is 16.1 Å². The van der Waals surface area contributed by atoms with Crippen LogP contribution in [0.5, 0.6) is 0 Å².